The molecule has 2 aromatic carbocycles. The second-order valence-electron chi connectivity index (χ2n) is 7.36. The topological polar surface area (TPSA) is 102 Å². The summed E-state index contributed by atoms with van der Waals surface area (Å²) >= 11 is 0. The van der Waals surface area contributed by atoms with Crippen molar-refractivity contribution in [3.63, 3.8) is 0 Å². The molecular formula is C20H24N2O5S. The Hall–Kier alpha value is -2.71. The van der Waals surface area contributed by atoms with Crippen molar-refractivity contribution in [2.24, 2.45) is 0 Å². The smallest absolute Gasteiger partial charge is 0.337 e. The summed E-state index contributed by atoms with van der Waals surface area (Å²) in [5, 5.41) is 2.73. The summed E-state index contributed by atoms with van der Waals surface area (Å²) in [6.45, 7) is 7.04. The maximum atomic E-state index is 12.5. The second-order valence-corrected chi connectivity index (χ2v) is 9.04. The number of amides is 1. The number of sulfonamides is 1. The van der Waals surface area contributed by atoms with Crippen molar-refractivity contribution in [2.45, 2.75) is 38.1 Å². The van der Waals surface area contributed by atoms with Gasteiger partial charge in [-0.25, -0.2) is 17.9 Å². The van der Waals surface area contributed by atoms with E-state index < -0.39 is 27.4 Å². The predicted molar refractivity (Wildman–Crippen MR) is 107 cm³/mol. The van der Waals surface area contributed by atoms with Crippen molar-refractivity contribution in [1.29, 1.82) is 0 Å². The molecule has 0 saturated carbocycles. The Morgan fingerprint density at radius 2 is 1.54 bits per heavy atom. The van der Waals surface area contributed by atoms with E-state index in [1.807, 2.05) is 0 Å². The fourth-order valence-corrected chi connectivity index (χ4v) is 3.86. The molecule has 2 N–H and O–H groups in total. The molecule has 8 heteroatoms. The third kappa shape index (κ3) is 5.40. The normalized spacial score (nSPS) is 11.8. The van der Waals surface area contributed by atoms with Gasteiger partial charge in [-0.2, -0.15) is 0 Å². The molecule has 7 nitrogen and oxygen atoms in total. The molecule has 2 aromatic rings. The average molecular weight is 404 g/mol. The Bertz CT molecular complexity index is 990. The number of ether oxygens (including phenoxy) is 1. The Balaban J connectivity index is 2.21. The van der Waals surface area contributed by atoms with Crippen molar-refractivity contribution in [1.82, 2.24) is 4.72 Å². The van der Waals surface area contributed by atoms with E-state index in [2.05, 4.69) is 14.8 Å². The van der Waals surface area contributed by atoms with E-state index in [1.165, 1.54) is 37.4 Å². The van der Waals surface area contributed by atoms with Crippen molar-refractivity contribution in [3.05, 3.63) is 59.2 Å². The van der Waals surface area contributed by atoms with Crippen LogP contribution in [0.25, 0.3) is 0 Å². The van der Waals surface area contributed by atoms with Crippen LogP contribution in [0.1, 0.15) is 47.1 Å². The monoisotopic (exact) mass is 404 g/mol. The molecule has 0 radical (unpaired) electrons. The van der Waals surface area contributed by atoms with Gasteiger partial charge in [-0.05, 0) is 69.7 Å². The van der Waals surface area contributed by atoms with Crippen molar-refractivity contribution < 1.29 is 22.7 Å². The van der Waals surface area contributed by atoms with Crippen molar-refractivity contribution in [3.8, 4) is 0 Å². The summed E-state index contributed by atoms with van der Waals surface area (Å²) in [7, 11) is -2.39. The van der Waals surface area contributed by atoms with Crippen LogP contribution in [0, 0.1) is 6.92 Å². The Morgan fingerprint density at radius 1 is 0.964 bits per heavy atom. The van der Waals surface area contributed by atoms with E-state index in [0.29, 0.717) is 11.3 Å². The third-order valence-corrected chi connectivity index (χ3v) is 5.55. The quantitative estimate of drug-likeness (QED) is 0.746. The first-order valence-electron chi connectivity index (χ1n) is 8.57. The zero-order chi connectivity index (χ0) is 21.1. The Kier molecular flexibility index (Phi) is 6.26. The van der Waals surface area contributed by atoms with Crippen LogP contribution in [0.2, 0.25) is 0 Å². The highest BCUT2D eigenvalue weighted by atomic mass is 32.2. The number of hydrogen-bond donors (Lipinski definition) is 2. The minimum atomic E-state index is -3.68. The van der Waals surface area contributed by atoms with Crippen LogP contribution in [0.15, 0.2) is 47.4 Å². The maximum absolute atomic E-state index is 12.5. The molecule has 0 atom stereocenters. The highest BCUT2D eigenvalue weighted by molar-refractivity contribution is 7.89. The summed E-state index contributed by atoms with van der Waals surface area (Å²) in [6.07, 6.45) is 0. The number of anilines is 1. The lowest BCUT2D eigenvalue weighted by Crippen LogP contribution is -2.40. The molecule has 1 amide bonds. The standard InChI is InChI=1S/C20H24N2O5S/c1-13-6-7-15(19(24)27-5)12-17(13)21-18(23)14-8-10-16(11-9-14)28(25,26)22-20(2,3)4/h6-12,22H,1-5H3,(H,21,23). The number of carbonyl (C=O) groups is 2. The molecule has 0 aliphatic carbocycles. The van der Waals surface area contributed by atoms with Gasteiger partial charge in [-0.1, -0.05) is 6.07 Å². The number of esters is 1. The molecule has 0 heterocycles. The first-order chi connectivity index (χ1) is 12.9. The zero-order valence-electron chi connectivity index (χ0n) is 16.5. The number of rotatable bonds is 5. The van der Waals surface area contributed by atoms with Gasteiger partial charge < -0.3 is 10.1 Å². The third-order valence-electron chi connectivity index (χ3n) is 3.77. The van der Waals surface area contributed by atoms with Crippen molar-refractivity contribution in [2.75, 3.05) is 12.4 Å². The SMILES string of the molecule is COC(=O)c1ccc(C)c(NC(=O)c2ccc(S(=O)(=O)NC(C)(C)C)cc2)c1. The van der Waals surface area contributed by atoms with Gasteiger partial charge in [0.15, 0.2) is 0 Å². The molecule has 0 aliphatic heterocycles. The molecule has 0 spiro atoms. The lowest BCUT2D eigenvalue weighted by molar-refractivity contribution is 0.0600. The molecule has 0 unspecified atom stereocenters. The highest BCUT2D eigenvalue weighted by Crippen LogP contribution is 2.19. The van der Waals surface area contributed by atoms with Crippen LogP contribution in [-0.4, -0.2) is 32.9 Å². The average Bonchev–Trinajstić information content (AvgIpc) is 2.61. The molecule has 2 rings (SSSR count). The second kappa shape index (κ2) is 8.12. The van der Waals surface area contributed by atoms with E-state index >= 15 is 0 Å². The fraction of sp³-hybridized carbons (Fsp3) is 0.300. The van der Waals surface area contributed by atoms with Crippen LogP contribution in [0.3, 0.4) is 0 Å². The summed E-state index contributed by atoms with van der Waals surface area (Å²) < 4.78 is 31.9. The summed E-state index contributed by atoms with van der Waals surface area (Å²) in [6, 6.07) is 10.5. The maximum Gasteiger partial charge on any atom is 0.337 e. The van der Waals surface area contributed by atoms with Crippen LogP contribution in [0.4, 0.5) is 5.69 Å². The number of carbonyl (C=O) groups excluding carboxylic acids is 2. The van der Waals surface area contributed by atoms with Gasteiger partial charge in [0.05, 0.1) is 17.6 Å². The molecule has 28 heavy (non-hydrogen) atoms. The van der Waals surface area contributed by atoms with Gasteiger partial charge in [0, 0.05) is 16.8 Å². The first kappa shape index (κ1) is 21.6. The van der Waals surface area contributed by atoms with E-state index in [1.54, 1.807) is 39.8 Å². The summed E-state index contributed by atoms with van der Waals surface area (Å²) in [4.78, 5) is 24.3. The van der Waals surface area contributed by atoms with Gasteiger partial charge in [0.2, 0.25) is 10.0 Å². The lowest BCUT2D eigenvalue weighted by Gasteiger charge is -2.20. The van der Waals surface area contributed by atoms with Gasteiger partial charge in [0.25, 0.3) is 5.91 Å². The van der Waals surface area contributed by atoms with Gasteiger partial charge in [-0.3, -0.25) is 4.79 Å². The van der Waals surface area contributed by atoms with Gasteiger partial charge in [-0.15, -0.1) is 0 Å². The van der Waals surface area contributed by atoms with E-state index in [0.717, 1.165) is 5.56 Å². The van der Waals surface area contributed by atoms with E-state index in [4.69, 9.17) is 0 Å². The molecule has 0 saturated heterocycles. The largest absolute Gasteiger partial charge is 0.465 e. The fourth-order valence-electron chi connectivity index (χ4n) is 2.44. The van der Waals surface area contributed by atoms with E-state index in [9.17, 15) is 18.0 Å². The molecular weight excluding hydrogens is 380 g/mol. The molecule has 0 fully saturated rings. The number of benzene rings is 2. The van der Waals surface area contributed by atoms with Gasteiger partial charge in [0.1, 0.15) is 0 Å². The number of aryl methyl sites for hydroxylation is 1. The van der Waals surface area contributed by atoms with Crippen molar-refractivity contribution >= 4 is 27.6 Å². The Labute approximate surface area is 165 Å². The number of nitrogens with one attached hydrogen (secondary N) is 2. The summed E-state index contributed by atoms with van der Waals surface area (Å²) in [5.41, 5.74) is 1.24. The van der Waals surface area contributed by atoms with Crippen LogP contribution in [-0.2, 0) is 14.8 Å². The highest BCUT2D eigenvalue weighted by Gasteiger charge is 2.22. The minimum absolute atomic E-state index is 0.0721. The van der Waals surface area contributed by atoms with Gasteiger partial charge >= 0.3 is 5.97 Å². The van der Waals surface area contributed by atoms with Crippen LogP contribution < -0.4 is 10.0 Å². The molecule has 0 aliphatic rings. The molecule has 150 valence electrons. The van der Waals surface area contributed by atoms with Crippen LogP contribution in [0.5, 0.6) is 0 Å². The number of hydrogen-bond acceptors (Lipinski definition) is 5. The Morgan fingerprint density at radius 3 is 2.07 bits per heavy atom. The zero-order valence-corrected chi connectivity index (χ0v) is 17.3. The lowest BCUT2D eigenvalue weighted by atomic mass is 10.1. The molecule has 0 aromatic heterocycles. The van der Waals surface area contributed by atoms with Crippen LogP contribution >= 0.6 is 0 Å². The first-order valence-corrected chi connectivity index (χ1v) is 10.1. The number of methoxy groups -OCH3 is 1. The van der Waals surface area contributed by atoms with E-state index in [-0.39, 0.29) is 10.5 Å². The predicted octanol–water partition coefficient (Wildman–Crippen LogP) is 3.11. The summed E-state index contributed by atoms with van der Waals surface area (Å²) in [5.74, 6) is -0.922. The minimum Gasteiger partial charge on any atom is -0.465 e. The molecule has 0 bridgehead atoms.